The number of urea groups is 1. The summed E-state index contributed by atoms with van der Waals surface area (Å²) in [5, 5.41) is 5.33. The van der Waals surface area contributed by atoms with Crippen molar-refractivity contribution in [2.45, 2.75) is 57.3 Å². The molecule has 0 bridgehead atoms. The molecule has 30 heavy (non-hydrogen) atoms. The smallest absolute Gasteiger partial charge is 0.335 e. The molecule has 10 heteroatoms. The molecule has 7 nitrogen and oxygen atoms in total. The van der Waals surface area contributed by atoms with E-state index in [1.54, 1.807) is 6.92 Å². The summed E-state index contributed by atoms with van der Waals surface area (Å²) in [6.45, 7) is 4.28. The van der Waals surface area contributed by atoms with Crippen molar-refractivity contribution in [1.82, 2.24) is 10.6 Å². The number of carbonyl (C=O) groups excluding carboxylic acids is 2. The van der Waals surface area contributed by atoms with Crippen molar-refractivity contribution >= 4 is 17.8 Å². The number of aromatic nitrogens is 1. The SMILES string of the molecule is C[C@H](C(=O)NC(=O)NC1CCCCC1)[NH+]1CCN(c2ccc(C(F)(F)F)c[nH+]2)CC1. The first-order chi connectivity index (χ1) is 14.2. The molecule has 1 aliphatic carbocycles. The van der Waals surface area contributed by atoms with E-state index in [1.807, 2.05) is 4.90 Å². The monoisotopic (exact) mass is 429 g/mol. The molecule has 166 valence electrons. The molecule has 3 amide bonds. The highest BCUT2D eigenvalue weighted by Gasteiger charge is 2.35. The second kappa shape index (κ2) is 9.63. The van der Waals surface area contributed by atoms with Gasteiger partial charge < -0.3 is 10.2 Å². The largest absolute Gasteiger partial charge is 0.419 e. The van der Waals surface area contributed by atoms with Crippen molar-refractivity contribution in [3.63, 3.8) is 0 Å². The number of nitrogens with one attached hydrogen (secondary N) is 4. The van der Waals surface area contributed by atoms with Gasteiger partial charge in [-0.3, -0.25) is 15.0 Å². The lowest BCUT2D eigenvalue weighted by molar-refractivity contribution is -0.914. The molecular weight excluding hydrogens is 399 g/mol. The van der Waals surface area contributed by atoms with Crippen molar-refractivity contribution in [1.29, 1.82) is 0 Å². The Labute approximate surface area is 174 Å². The van der Waals surface area contributed by atoms with Crippen LogP contribution in [-0.2, 0) is 11.0 Å². The summed E-state index contributed by atoms with van der Waals surface area (Å²) in [5.41, 5.74) is -0.715. The number of quaternary nitrogens is 1. The van der Waals surface area contributed by atoms with Gasteiger partial charge in [-0.05, 0) is 25.8 Å². The number of carbonyl (C=O) groups is 2. The fraction of sp³-hybridized carbons (Fsp3) is 0.650. The van der Waals surface area contributed by atoms with E-state index in [4.69, 9.17) is 0 Å². The van der Waals surface area contributed by atoms with Crippen molar-refractivity contribution < 1.29 is 32.6 Å². The van der Waals surface area contributed by atoms with Crippen LogP contribution < -0.4 is 25.4 Å². The van der Waals surface area contributed by atoms with E-state index in [0.717, 1.165) is 42.8 Å². The van der Waals surface area contributed by atoms with Crippen LogP contribution in [-0.4, -0.2) is 50.2 Å². The van der Waals surface area contributed by atoms with E-state index < -0.39 is 17.8 Å². The molecule has 2 heterocycles. The van der Waals surface area contributed by atoms with Crippen molar-refractivity contribution in [3.05, 3.63) is 23.9 Å². The van der Waals surface area contributed by atoms with Crippen LogP contribution in [0.5, 0.6) is 0 Å². The van der Waals surface area contributed by atoms with Gasteiger partial charge in [-0.15, -0.1) is 0 Å². The average Bonchev–Trinajstić information content (AvgIpc) is 2.73. The Morgan fingerprint density at radius 2 is 1.83 bits per heavy atom. The second-order valence-electron chi connectivity index (χ2n) is 8.12. The molecule has 1 saturated carbocycles. The van der Waals surface area contributed by atoms with Crippen LogP contribution in [0.3, 0.4) is 0 Å². The third-order valence-corrected chi connectivity index (χ3v) is 6.05. The Morgan fingerprint density at radius 1 is 1.17 bits per heavy atom. The first kappa shape index (κ1) is 22.3. The third kappa shape index (κ3) is 5.84. The molecular formula is C20H30F3N5O2+2. The molecule has 2 fully saturated rings. The summed E-state index contributed by atoms with van der Waals surface area (Å²) in [6.07, 6.45) is 1.88. The molecule has 1 aromatic heterocycles. The van der Waals surface area contributed by atoms with E-state index in [2.05, 4.69) is 15.6 Å². The number of aromatic amines is 1. The number of nitrogens with zero attached hydrogens (tertiary/aromatic N) is 1. The number of rotatable bonds is 4. The van der Waals surface area contributed by atoms with Gasteiger partial charge in [0.05, 0.1) is 5.56 Å². The topological polar surface area (TPSA) is 80.0 Å². The highest BCUT2D eigenvalue weighted by molar-refractivity contribution is 5.96. The predicted octanol–water partition coefficient (Wildman–Crippen LogP) is 0.771. The van der Waals surface area contributed by atoms with Gasteiger partial charge in [0, 0.05) is 12.1 Å². The van der Waals surface area contributed by atoms with Crippen LogP contribution in [0.2, 0.25) is 0 Å². The van der Waals surface area contributed by atoms with Crippen molar-refractivity contribution in [2.24, 2.45) is 0 Å². The molecule has 0 spiro atoms. The van der Waals surface area contributed by atoms with Crippen LogP contribution in [0.1, 0.15) is 44.6 Å². The summed E-state index contributed by atoms with van der Waals surface area (Å²) in [5.74, 6) is 0.305. The standard InChI is InChI=1S/C20H28F3N5O2/c1-14(18(29)26-19(30)25-16-5-3-2-4-6-16)27-9-11-28(12-10-27)17-8-7-15(13-24-17)20(21,22)23/h7-8,13-14,16H,2-6,9-12H2,1H3,(H2,25,26,29,30)/p+2/t14-/m1/s1. The fourth-order valence-corrected chi connectivity index (χ4v) is 4.13. The zero-order valence-corrected chi connectivity index (χ0v) is 17.1. The lowest BCUT2D eigenvalue weighted by atomic mass is 9.96. The summed E-state index contributed by atoms with van der Waals surface area (Å²) in [4.78, 5) is 30.3. The normalized spacial score (nSPS) is 19.9. The van der Waals surface area contributed by atoms with Gasteiger partial charge in [0.15, 0.2) is 6.04 Å². The maximum atomic E-state index is 12.7. The van der Waals surface area contributed by atoms with E-state index in [1.165, 1.54) is 12.5 Å². The number of imide groups is 1. The van der Waals surface area contributed by atoms with Crippen LogP contribution in [0.15, 0.2) is 18.3 Å². The molecule has 0 unspecified atom stereocenters. The zero-order valence-electron chi connectivity index (χ0n) is 17.1. The van der Waals surface area contributed by atoms with Gasteiger partial charge in [0.1, 0.15) is 32.4 Å². The van der Waals surface area contributed by atoms with Crippen molar-refractivity contribution in [3.8, 4) is 0 Å². The lowest BCUT2D eigenvalue weighted by Crippen LogP contribution is -3.19. The molecule has 0 radical (unpaired) electrons. The summed E-state index contributed by atoms with van der Waals surface area (Å²) in [7, 11) is 0. The van der Waals surface area contributed by atoms with Gasteiger partial charge in [0.2, 0.25) is 0 Å². The number of hydrogen-bond acceptors (Lipinski definition) is 3. The molecule has 2 aliphatic rings. The zero-order chi connectivity index (χ0) is 21.7. The number of piperazine rings is 1. The third-order valence-electron chi connectivity index (χ3n) is 6.05. The number of amides is 3. The van der Waals surface area contributed by atoms with E-state index in [-0.39, 0.29) is 18.0 Å². The van der Waals surface area contributed by atoms with Crippen LogP contribution in [0, 0.1) is 0 Å². The number of alkyl halides is 3. The predicted molar refractivity (Wildman–Crippen MR) is 104 cm³/mol. The molecule has 1 aliphatic heterocycles. The molecule has 3 rings (SSSR count). The Balaban J connectivity index is 1.45. The maximum absolute atomic E-state index is 12.7. The Hall–Kier alpha value is -2.36. The highest BCUT2D eigenvalue weighted by Crippen LogP contribution is 2.28. The van der Waals surface area contributed by atoms with Gasteiger partial charge >= 0.3 is 12.2 Å². The first-order valence-electron chi connectivity index (χ1n) is 10.5. The number of anilines is 1. The number of pyridine rings is 1. The minimum absolute atomic E-state index is 0.137. The van der Waals surface area contributed by atoms with Crippen LogP contribution >= 0.6 is 0 Å². The first-order valence-corrected chi connectivity index (χ1v) is 10.5. The quantitative estimate of drug-likeness (QED) is 0.662. The van der Waals surface area contributed by atoms with Gasteiger partial charge in [-0.25, -0.2) is 9.78 Å². The summed E-state index contributed by atoms with van der Waals surface area (Å²) in [6, 6.07) is 1.81. The summed E-state index contributed by atoms with van der Waals surface area (Å²) < 4.78 is 38.1. The molecule has 1 aromatic rings. The molecule has 1 saturated heterocycles. The van der Waals surface area contributed by atoms with Gasteiger partial charge in [-0.2, -0.15) is 13.2 Å². The van der Waals surface area contributed by atoms with E-state index in [9.17, 15) is 22.8 Å². The average molecular weight is 429 g/mol. The number of halogens is 3. The second-order valence-corrected chi connectivity index (χ2v) is 8.12. The van der Waals surface area contributed by atoms with Crippen LogP contribution in [0.25, 0.3) is 0 Å². The number of H-pyrrole nitrogens is 1. The lowest BCUT2D eigenvalue weighted by Gasteiger charge is -2.31. The Bertz CT molecular complexity index is 727. The maximum Gasteiger partial charge on any atom is 0.419 e. The van der Waals surface area contributed by atoms with Crippen LogP contribution in [0.4, 0.5) is 23.8 Å². The molecule has 0 aromatic carbocycles. The number of hydrogen-bond donors (Lipinski definition) is 3. The van der Waals surface area contributed by atoms with E-state index in [0.29, 0.717) is 32.0 Å². The van der Waals surface area contributed by atoms with Gasteiger partial charge in [-0.1, -0.05) is 19.3 Å². The fourth-order valence-electron chi connectivity index (χ4n) is 4.13. The Kier molecular flexibility index (Phi) is 7.17. The van der Waals surface area contributed by atoms with Gasteiger partial charge in [0.25, 0.3) is 11.7 Å². The Morgan fingerprint density at radius 3 is 2.40 bits per heavy atom. The van der Waals surface area contributed by atoms with Crippen molar-refractivity contribution in [2.75, 3.05) is 31.1 Å². The minimum Gasteiger partial charge on any atom is -0.335 e. The molecule has 4 N–H and O–H groups in total. The molecule has 1 atom stereocenters. The summed E-state index contributed by atoms with van der Waals surface area (Å²) >= 11 is 0. The minimum atomic E-state index is -4.37. The van der Waals surface area contributed by atoms with E-state index >= 15 is 0 Å². The highest BCUT2D eigenvalue weighted by atomic mass is 19.4.